The highest BCUT2D eigenvalue weighted by atomic mass is 32.1. The van der Waals surface area contributed by atoms with E-state index in [1.807, 2.05) is 19.1 Å². The third-order valence-corrected chi connectivity index (χ3v) is 4.09. The van der Waals surface area contributed by atoms with Gasteiger partial charge in [0, 0.05) is 11.3 Å². The lowest BCUT2D eigenvalue weighted by atomic mass is 10.0. The number of thiocarbonyl (C=S) groups is 1. The van der Waals surface area contributed by atoms with Crippen molar-refractivity contribution >= 4 is 34.9 Å². The molecule has 0 unspecified atom stereocenters. The molecule has 0 saturated carbocycles. The van der Waals surface area contributed by atoms with Gasteiger partial charge in [0.2, 0.25) is 0 Å². The van der Waals surface area contributed by atoms with Gasteiger partial charge in [-0.25, -0.2) is 4.79 Å². The van der Waals surface area contributed by atoms with Crippen LogP contribution >= 0.6 is 12.2 Å². The number of hydrogen-bond acceptors (Lipinski definition) is 4. The minimum absolute atomic E-state index is 0.189. The normalized spacial score (nSPS) is 10.4. The second-order valence-electron chi connectivity index (χ2n) is 6.40. The molecular formula is C21H24N2O3S. The van der Waals surface area contributed by atoms with Crippen LogP contribution in [-0.4, -0.2) is 23.6 Å². The molecule has 2 aromatic rings. The van der Waals surface area contributed by atoms with Gasteiger partial charge in [0.25, 0.3) is 5.91 Å². The molecule has 27 heavy (non-hydrogen) atoms. The van der Waals surface area contributed by atoms with Crippen LogP contribution in [0.25, 0.3) is 0 Å². The number of carbonyl (C=O) groups excluding carboxylic acids is 2. The van der Waals surface area contributed by atoms with E-state index in [2.05, 4.69) is 24.5 Å². The first-order chi connectivity index (χ1) is 12.9. The zero-order valence-electron chi connectivity index (χ0n) is 15.7. The molecule has 0 heterocycles. The molecule has 0 fully saturated rings. The van der Waals surface area contributed by atoms with E-state index in [1.54, 1.807) is 36.4 Å². The molecule has 2 aromatic carbocycles. The molecule has 2 rings (SSSR count). The maximum Gasteiger partial charge on any atom is 0.338 e. The Morgan fingerprint density at radius 2 is 1.59 bits per heavy atom. The van der Waals surface area contributed by atoms with Crippen LogP contribution in [0.5, 0.6) is 0 Å². The lowest BCUT2D eigenvalue weighted by Gasteiger charge is -2.11. The highest BCUT2D eigenvalue weighted by Crippen LogP contribution is 2.15. The quantitative estimate of drug-likeness (QED) is 0.567. The number of carbonyl (C=O) groups is 2. The lowest BCUT2D eigenvalue weighted by molar-refractivity contribution is 0.0505. The highest BCUT2D eigenvalue weighted by molar-refractivity contribution is 7.80. The first-order valence-corrected chi connectivity index (χ1v) is 9.31. The largest absolute Gasteiger partial charge is 0.462 e. The summed E-state index contributed by atoms with van der Waals surface area (Å²) < 4.78 is 5.08. The summed E-state index contributed by atoms with van der Waals surface area (Å²) in [5, 5.41) is 5.77. The Morgan fingerprint density at radius 1 is 1.00 bits per heavy atom. The third-order valence-electron chi connectivity index (χ3n) is 3.88. The maximum absolute atomic E-state index is 12.3. The van der Waals surface area contributed by atoms with E-state index in [9.17, 15) is 9.59 Å². The number of anilines is 1. The molecule has 1 amide bonds. The molecule has 0 spiro atoms. The van der Waals surface area contributed by atoms with Gasteiger partial charge in [-0.3, -0.25) is 10.1 Å². The van der Waals surface area contributed by atoms with Gasteiger partial charge in [0.05, 0.1) is 12.2 Å². The number of nitrogens with one attached hydrogen (secondary N) is 2. The van der Waals surface area contributed by atoms with Crippen LogP contribution in [0.1, 0.15) is 59.4 Å². The summed E-state index contributed by atoms with van der Waals surface area (Å²) in [7, 11) is 0. The van der Waals surface area contributed by atoms with Gasteiger partial charge in [-0.05, 0) is 66.5 Å². The van der Waals surface area contributed by atoms with Crippen LogP contribution in [0, 0.1) is 0 Å². The average molecular weight is 385 g/mol. The summed E-state index contributed by atoms with van der Waals surface area (Å²) in [6.45, 7) is 6.53. The van der Waals surface area contributed by atoms with Crippen LogP contribution in [-0.2, 0) is 4.74 Å². The van der Waals surface area contributed by atoms with Gasteiger partial charge in [-0.15, -0.1) is 0 Å². The van der Waals surface area contributed by atoms with Gasteiger partial charge in [-0.2, -0.15) is 0 Å². The zero-order chi connectivity index (χ0) is 19.8. The first-order valence-electron chi connectivity index (χ1n) is 8.90. The van der Waals surface area contributed by atoms with Crippen molar-refractivity contribution in [1.82, 2.24) is 5.32 Å². The maximum atomic E-state index is 12.3. The molecule has 6 heteroatoms. The Morgan fingerprint density at radius 3 is 2.15 bits per heavy atom. The highest BCUT2D eigenvalue weighted by Gasteiger charge is 2.10. The molecule has 0 atom stereocenters. The molecule has 0 aliphatic carbocycles. The molecule has 0 radical (unpaired) electrons. The predicted molar refractivity (Wildman–Crippen MR) is 111 cm³/mol. The van der Waals surface area contributed by atoms with Crippen molar-refractivity contribution in [2.45, 2.75) is 33.1 Å². The van der Waals surface area contributed by atoms with Gasteiger partial charge < -0.3 is 10.1 Å². The van der Waals surface area contributed by atoms with E-state index < -0.39 is 0 Å². The van der Waals surface area contributed by atoms with Crippen molar-refractivity contribution in [2.75, 3.05) is 11.9 Å². The van der Waals surface area contributed by atoms with Crippen LogP contribution in [0.4, 0.5) is 5.69 Å². The van der Waals surface area contributed by atoms with Crippen LogP contribution in [0.2, 0.25) is 0 Å². The number of ether oxygens (including phenoxy) is 1. The molecule has 0 aliphatic heterocycles. The van der Waals surface area contributed by atoms with Gasteiger partial charge >= 0.3 is 5.97 Å². The molecular weight excluding hydrogens is 360 g/mol. The lowest BCUT2D eigenvalue weighted by Crippen LogP contribution is -2.34. The summed E-state index contributed by atoms with van der Waals surface area (Å²) >= 11 is 5.19. The number of rotatable bonds is 6. The topological polar surface area (TPSA) is 67.4 Å². The minimum atomic E-state index is -0.357. The number of benzene rings is 2. The summed E-state index contributed by atoms with van der Waals surface area (Å²) in [6, 6.07) is 14.1. The summed E-state index contributed by atoms with van der Waals surface area (Å²) in [5.41, 5.74) is 2.85. The Kier molecular flexibility index (Phi) is 7.49. The molecule has 5 nitrogen and oxygen atoms in total. The van der Waals surface area contributed by atoms with Gasteiger partial charge in [-0.1, -0.05) is 32.9 Å². The van der Waals surface area contributed by atoms with Crippen LogP contribution in [0.15, 0.2) is 48.5 Å². The average Bonchev–Trinajstić information content (AvgIpc) is 2.66. The van der Waals surface area contributed by atoms with E-state index in [0.717, 1.165) is 6.42 Å². The molecule has 142 valence electrons. The van der Waals surface area contributed by atoms with Gasteiger partial charge in [0.15, 0.2) is 5.11 Å². The fraction of sp³-hybridized carbons (Fsp3) is 0.286. The molecule has 0 aromatic heterocycles. The Hall–Kier alpha value is -2.73. The third kappa shape index (κ3) is 6.18. The van der Waals surface area contributed by atoms with Crippen LogP contribution in [0.3, 0.4) is 0 Å². The molecule has 0 saturated heterocycles. The Labute approximate surface area is 165 Å². The monoisotopic (exact) mass is 384 g/mol. The zero-order valence-corrected chi connectivity index (χ0v) is 16.6. The van der Waals surface area contributed by atoms with Crippen molar-refractivity contribution in [1.29, 1.82) is 0 Å². The predicted octanol–water partition coefficient (Wildman–Crippen LogP) is 4.50. The Balaban J connectivity index is 1.91. The van der Waals surface area contributed by atoms with Crippen molar-refractivity contribution < 1.29 is 14.3 Å². The fourth-order valence-corrected chi connectivity index (χ4v) is 2.54. The van der Waals surface area contributed by atoms with Crippen molar-refractivity contribution in [3.05, 3.63) is 65.2 Å². The van der Waals surface area contributed by atoms with E-state index in [0.29, 0.717) is 29.3 Å². The summed E-state index contributed by atoms with van der Waals surface area (Å²) in [5.74, 6) is -0.223. The second kappa shape index (κ2) is 9.83. The molecule has 0 aliphatic rings. The van der Waals surface area contributed by atoms with E-state index in [-0.39, 0.29) is 17.0 Å². The van der Waals surface area contributed by atoms with Crippen molar-refractivity contribution in [3.63, 3.8) is 0 Å². The standard InChI is InChI=1S/C21H24N2O3S/c1-4-13-26-20(25)17-9-11-18(12-10-17)22-21(27)23-19(24)16-7-5-15(6-8-16)14(2)3/h5-12,14H,4,13H2,1-3H3,(H2,22,23,24,27). The van der Waals surface area contributed by atoms with E-state index in [1.165, 1.54) is 5.56 Å². The SMILES string of the molecule is CCCOC(=O)c1ccc(NC(=S)NC(=O)c2ccc(C(C)C)cc2)cc1. The smallest absolute Gasteiger partial charge is 0.338 e. The number of hydrogen-bond donors (Lipinski definition) is 2. The second-order valence-corrected chi connectivity index (χ2v) is 6.81. The van der Waals surface area contributed by atoms with Crippen molar-refractivity contribution in [3.8, 4) is 0 Å². The summed E-state index contributed by atoms with van der Waals surface area (Å²) in [6.07, 6.45) is 0.777. The summed E-state index contributed by atoms with van der Waals surface area (Å²) in [4.78, 5) is 24.1. The first kappa shape index (κ1) is 20.6. The van der Waals surface area contributed by atoms with Gasteiger partial charge in [0.1, 0.15) is 0 Å². The number of amides is 1. The minimum Gasteiger partial charge on any atom is -0.462 e. The fourth-order valence-electron chi connectivity index (χ4n) is 2.32. The van der Waals surface area contributed by atoms with E-state index >= 15 is 0 Å². The van der Waals surface area contributed by atoms with E-state index in [4.69, 9.17) is 17.0 Å². The molecule has 0 bridgehead atoms. The number of esters is 1. The van der Waals surface area contributed by atoms with Crippen molar-refractivity contribution in [2.24, 2.45) is 0 Å². The van der Waals surface area contributed by atoms with Crippen LogP contribution < -0.4 is 10.6 Å². The molecule has 2 N–H and O–H groups in total. The Bertz CT molecular complexity index is 799.